The molecule has 0 radical (unpaired) electrons. The van der Waals surface area contributed by atoms with Gasteiger partial charge in [0.05, 0.1) is 6.04 Å². The van der Waals surface area contributed by atoms with Crippen LogP contribution in [0.1, 0.15) is 76.8 Å². The average Bonchev–Trinajstić information content (AvgIpc) is 3.10. The summed E-state index contributed by atoms with van der Waals surface area (Å²) in [6, 6.07) is 0.0446. The molecule has 0 spiro atoms. The molecule has 6 heteroatoms. The Labute approximate surface area is 166 Å². The predicted octanol–water partition coefficient (Wildman–Crippen LogP) is 4.07. The lowest BCUT2D eigenvalue weighted by molar-refractivity contribution is -0.129. The lowest BCUT2D eigenvalue weighted by Gasteiger charge is -2.35. The van der Waals surface area contributed by atoms with Crippen molar-refractivity contribution in [1.29, 1.82) is 0 Å². The van der Waals surface area contributed by atoms with Gasteiger partial charge < -0.3 is 10.6 Å². The first-order chi connectivity index (χ1) is 12.8. The molecule has 3 rings (SSSR count). The van der Waals surface area contributed by atoms with Crippen molar-refractivity contribution in [3.63, 3.8) is 0 Å². The van der Waals surface area contributed by atoms with Crippen molar-refractivity contribution in [2.24, 2.45) is 23.2 Å². The summed E-state index contributed by atoms with van der Waals surface area (Å²) in [5.41, 5.74) is -0.334. The second-order valence-corrected chi connectivity index (χ2v) is 10.2. The van der Waals surface area contributed by atoms with Crippen LogP contribution in [-0.2, 0) is 9.59 Å². The zero-order chi connectivity index (χ0) is 19.4. The molecule has 2 aliphatic carbocycles. The van der Waals surface area contributed by atoms with E-state index in [9.17, 15) is 9.59 Å². The molecule has 2 N–H and O–H groups in total. The quantitative estimate of drug-likeness (QED) is 0.768. The van der Waals surface area contributed by atoms with Crippen molar-refractivity contribution in [3.05, 3.63) is 16.6 Å². The third-order valence-electron chi connectivity index (χ3n) is 6.09. The zero-order valence-electron chi connectivity index (χ0n) is 16.8. The van der Waals surface area contributed by atoms with Gasteiger partial charge in [0.25, 0.3) is 0 Å². The van der Waals surface area contributed by atoms with Crippen LogP contribution in [0.25, 0.3) is 0 Å². The van der Waals surface area contributed by atoms with Gasteiger partial charge in [-0.1, -0.05) is 27.2 Å². The van der Waals surface area contributed by atoms with E-state index in [0.29, 0.717) is 11.8 Å². The number of aromatic nitrogens is 1. The van der Waals surface area contributed by atoms with E-state index in [1.165, 1.54) is 6.42 Å². The Morgan fingerprint density at radius 3 is 2.41 bits per heavy atom. The number of hydrogen-bond acceptors (Lipinski definition) is 4. The van der Waals surface area contributed by atoms with Crippen LogP contribution in [0.5, 0.6) is 0 Å². The van der Waals surface area contributed by atoms with Crippen molar-refractivity contribution in [3.8, 4) is 0 Å². The number of carbonyl (C=O) groups excluding carboxylic acids is 2. The first kappa shape index (κ1) is 20.3. The van der Waals surface area contributed by atoms with Crippen LogP contribution < -0.4 is 10.6 Å². The lowest BCUT2D eigenvalue weighted by atomic mass is 9.77. The Kier molecular flexibility index (Phi) is 6.56. The minimum absolute atomic E-state index is 0.0446. The van der Waals surface area contributed by atoms with Crippen LogP contribution in [-0.4, -0.2) is 23.3 Å². The summed E-state index contributed by atoms with van der Waals surface area (Å²) in [6.45, 7) is 6.60. The molecule has 5 nitrogen and oxygen atoms in total. The fourth-order valence-corrected chi connectivity index (χ4v) is 4.72. The Bertz CT molecular complexity index is 626. The van der Waals surface area contributed by atoms with Crippen LogP contribution in [0.4, 0.5) is 0 Å². The summed E-state index contributed by atoms with van der Waals surface area (Å²) in [5, 5.41) is 9.45. The molecule has 1 heterocycles. The van der Waals surface area contributed by atoms with E-state index in [2.05, 4.69) is 15.6 Å². The maximum Gasteiger partial charge on any atom is 0.225 e. The molecular weight excluding hydrogens is 358 g/mol. The summed E-state index contributed by atoms with van der Waals surface area (Å²) in [4.78, 5) is 29.1. The monoisotopic (exact) mass is 391 g/mol. The van der Waals surface area contributed by atoms with Gasteiger partial charge in [-0.2, -0.15) is 0 Å². The minimum atomic E-state index is -0.334. The molecule has 1 aromatic rings. The molecule has 2 aliphatic rings. The highest BCUT2D eigenvalue weighted by molar-refractivity contribution is 7.09. The van der Waals surface area contributed by atoms with Crippen LogP contribution >= 0.6 is 11.3 Å². The third kappa shape index (κ3) is 5.31. The highest BCUT2D eigenvalue weighted by Crippen LogP contribution is 2.38. The predicted molar refractivity (Wildman–Crippen MR) is 108 cm³/mol. The molecule has 2 amide bonds. The average molecular weight is 392 g/mol. The van der Waals surface area contributed by atoms with Gasteiger partial charge in [0, 0.05) is 29.5 Å². The standard InChI is InChI=1S/C21H33N3O2S/c1-21(2,3)20(26)23-13-14-7-9-15(10-8-14)17(19-22-11-12-27-19)24-18(25)16-5-4-6-16/h11-12,14-17H,4-10,13H2,1-3H3,(H,23,26)(H,24,25)/t14?,15?,17-/m1/s1. The topological polar surface area (TPSA) is 71.1 Å². The fraction of sp³-hybridized carbons (Fsp3) is 0.762. The number of thiazole rings is 1. The minimum Gasteiger partial charge on any atom is -0.355 e. The van der Waals surface area contributed by atoms with E-state index in [-0.39, 0.29) is 29.2 Å². The van der Waals surface area contributed by atoms with Gasteiger partial charge in [0.2, 0.25) is 11.8 Å². The van der Waals surface area contributed by atoms with E-state index in [1.807, 2.05) is 32.3 Å². The van der Waals surface area contributed by atoms with Crippen LogP contribution in [0.2, 0.25) is 0 Å². The van der Waals surface area contributed by atoms with Gasteiger partial charge in [-0.05, 0) is 50.4 Å². The van der Waals surface area contributed by atoms with Crippen LogP contribution in [0.15, 0.2) is 11.6 Å². The number of nitrogens with one attached hydrogen (secondary N) is 2. The summed E-state index contributed by atoms with van der Waals surface area (Å²) in [7, 11) is 0. The van der Waals surface area contributed by atoms with E-state index in [1.54, 1.807) is 11.3 Å². The maximum atomic E-state index is 12.5. The van der Waals surface area contributed by atoms with Crippen molar-refractivity contribution >= 4 is 23.2 Å². The van der Waals surface area contributed by atoms with Crippen LogP contribution in [0, 0.1) is 23.2 Å². The first-order valence-corrected chi connectivity index (χ1v) is 11.2. The second-order valence-electron chi connectivity index (χ2n) is 9.23. The number of amides is 2. The Hall–Kier alpha value is -1.43. The molecule has 0 bridgehead atoms. The summed E-state index contributed by atoms with van der Waals surface area (Å²) in [5.74, 6) is 1.51. The summed E-state index contributed by atoms with van der Waals surface area (Å²) < 4.78 is 0. The van der Waals surface area contributed by atoms with Crippen molar-refractivity contribution in [1.82, 2.24) is 15.6 Å². The first-order valence-electron chi connectivity index (χ1n) is 10.3. The highest BCUT2D eigenvalue weighted by Gasteiger charge is 2.34. The maximum absolute atomic E-state index is 12.5. The highest BCUT2D eigenvalue weighted by atomic mass is 32.1. The lowest BCUT2D eigenvalue weighted by Crippen LogP contribution is -2.41. The van der Waals surface area contributed by atoms with Gasteiger partial charge in [0.1, 0.15) is 5.01 Å². The fourth-order valence-electron chi connectivity index (χ4n) is 3.94. The molecule has 1 atom stereocenters. The molecule has 2 saturated carbocycles. The van der Waals surface area contributed by atoms with E-state index < -0.39 is 0 Å². The van der Waals surface area contributed by atoms with Crippen LogP contribution in [0.3, 0.4) is 0 Å². The zero-order valence-corrected chi connectivity index (χ0v) is 17.6. The molecule has 150 valence electrons. The molecule has 0 aliphatic heterocycles. The normalized spacial score (nSPS) is 24.7. The second kappa shape index (κ2) is 8.72. The Balaban J connectivity index is 1.53. The van der Waals surface area contributed by atoms with E-state index in [4.69, 9.17) is 0 Å². The number of nitrogens with zero attached hydrogens (tertiary/aromatic N) is 1. The Morgan fingerprint density at radius 1 is 1.19 bits per heavy atom. The van der Waals surface area contributed by atoms with Gasteiger partial charge in [-0.3, -0.25) is 9.59 Å². The van der Waals surface area contributed by atoms with E-state index in [0.717, 1.165) is 50.1 Å². The summed E-state index contributed by atoms with van der Waals surface area (Å²) >= 11 is 1.64. The molecular formula is C21H33N3O2S. The number of carbonyl (C=O) groups is 2. The van der Waals surface area contributed by atoms with Crippen molar-refractivity contribution in [2.75, 3.05) is 6.54 Å². The van der Waals surface area contributed by atoms with Crippen molar-refractivity contribution < 1.29 is 9.59 Å². The van der Waals surface area contributed by atoms with Gasteiger partial charge in [-0.25, -0.2) is 4.98 Å². The summed E-state index contributed by atoms with van der Waals surface area (Å²) in [6.07, 6.45) is 9.39. The van der Waals surface area contributed by atoms with Gasteiger partial charge in [0.15, 0.2) is 0 Å². The third-order valence-corrected chi connectivity index (χ3v) is 6.95. The number of rotatable bonds is 6. The largest absolute Gasteiger partial charge is 0.355 e. The van der Waals surface area contributed by atoms with Gasteiger partial charge in [-0.15, -0.1) is 11.3 Å². The molecule has 0 unspecified atom stereocenters. The molecule has 0 aromatic carbocycles. The SMILES string of the molecule is CC(C)(C)C(=O)NCC1CCC([C@@H](NC(=O)C2CCC2)c2nccs2)CC1. The van der Waals surface area contributed by atoms with Gasteiger partial charge >= 0.3 is 0 Å². The Morgan fingerprint density at radius 2 is 1.89 bits per heavy atom. The molecule has 2 fully saturated rings. The molecule has 27 heavy (non-hydrogen) atoms. The molecule has 1 aromatic heterocycles. The van der Waals surface area contributed by atoms with Crippen molar-refractivity contribution in [2.45, 2.75) is 71.8 Å². The van der Waals surface area contributed by atoms with E-state index >= 15 is 0 Å². The molecule has 0 saturated heterocycles. The smallest absolute Gasteiger partial charge is 0.225 e. The number of hydrogen-bond donors (Lipinski definition) is 2.